The Bertz CT molecular complexity index is 3590. The fourth-order valence-electron chi connectivity index (χ4n) is 8.70. The number of hydrogen-bond acceptors (Lipinski definition) is 5. The van der Waals surface area contributed by atoms with Crippen molar-refractivity contribution in [2.45, 2.75) is 0 Å². The van der Waals surface area contributed by atoms with Gasteiger partial charge in [0.25, 0.3) is 0 Å². The Hall–Kier alpha value is -7.73. The molecule has 0 atom stereocenters. The van der Waals surface area contributed by atoms with E-state index in [2.05, 4.69) is 164 Å². The second kappa shape index (κ2) is 14.0. The summed E-state index contributed by atoms with van der Waals surface area (Å²) in [5.74, 6) is 1.78. The molecule has 0 aliphatic rings. The Morgan fingerprint density at radius 3 is 1.60 bits per heavy atom. The number of thiophene rings is 1. The number of hydrogen-bond donors (Lipinski definition) is 0. The minimum atomic E-state index is 0.563. The largest absolute Gasteiger partial charge is 0.455 e. The van der Waals surface area contributed by atoms with Gasteiger partial charge < -0.3 is 4.42 Å². The van der Waals surface area contributed by atoms with Gasteiger partial charge in [0.2, 0.25) is 0 Å². The average Bonchev–Trinajstić information content (AvgIpc) is 3.90. The third kappa shape index (κ3) is 5.70. The zero-order chi connectivity index (χ0) is 39.6. The van der Waals surface area contributed by atoms with E-state index >= 15 is 0 Å². The van der Waals surface area contributed by atoms with Crippen LogP contribution >= 0.6 is 11.3 Å². The molecule has 0 bridgehead atoms. The van der Waals surface area contributed by atoms with Crippen LogP contribution in [0.5, 0.6) is 0 Å². The van der Waals surface area contributed by atoms with Gasteiger partial charge in [-0.25, -0.2) is 15.0 Å². The summed E-state index contributed by atoms with van der Waals surface area (Å²) >= 11 is 1.83. The molecule has 4 nitrogen and oxygen atoms in total. The molecule has 0 saturated carbocycles. The van der Waals surface area contributed by atoms with Crippen LogP contribution < -0.4 is 0 Å². The fourth-order valence-corrected chi connectivity index (χ4v) is 9.84. The van der Waals surface area contributed by atoms with Gasteiger partial charge in [-0.05, 0) is 75.0 Å². The Morgan fingerprint density at radius 1 is 0.300 bits per heavy atom. The Kier molecular flexibility index (Phi) is 8.00. The van der Waals surface area contributed by atoms with E-state index in [1.54, 1.807) is 0 Å². The highest BCUT2D eigenvalue weighted by Gasteiger charge is 2.21. The molecule has 0 aliphatic carbocycles. The van der Waals surface area contributed by atoms with Crippen LogP contribution in [-0.4, -0.2) is 15.0 Å². The molecule has 9 aromatic carbocycles. The molecule has 280 valence electrons. The van der Waals surface area contributed by atoms with E-state index < -0.39 is 0 Å². The van der Waals surface area contributed by atoms with Gasteiger partial charge in [-0.15, -0.1) is 11.3 Å². The van der Waals surface area contributed by atoms with Gasteiger partial charge in [-0.2, -0.15) is 0 Å². The van der Waals surface area contributed by atoms with Crippen LogP contribution in [0, 0.1) is 0 Å². The van der Waals surface area contributed by atoms with Gasteiger partial charge in [-0.1, -0.05) is 164 Å². The van der Waals surface area contributed by atoms with Crippen molar-refractivity contribution in [3.63, 3.8) is 0 Å². The van der Waals surface area contributed by atoms with Gasteiger partial charge in [0.15, 0.2) is 17.5 Å². The smallest absolute Gasteiger partial charge is 0.167 e. The van der Waals surface area contributed by atoms with Crippen LogP contribution in [0.15, 0.2) is 205 Å². The highest BCUT2D eigenvalue weighted by molar-refractivity contribution is 7.26. The molecule has 0 aliphatic heterocycles. The second-order valence-electron chi connectivity index (χ2n) is 15.1. The fraction of sp³-hybridized carbons (Fsp3) is 0. The molecule has 0 spiro atoms. The van der Waals surface area contributed by atoms with Crippen LogP contribution in [0.1, 0.15) is 0 Å². The SMILES string of the molecule is c1ccc(-c2cccc(-c3cc4sc5ccc(-c6nc(-c7ccccc7)nc(-c7cccc8c7oc7c(-c9ccccc9)cccc78)n6)cc5c4c4ccccc34)c2)cc1. The summed E-state index contributed by atoms with van der Waals surface area (Å²) < 4.78 is 9.28. The maximum Gasteiger partial charge on any atom is 0.167 e. The lowest BCUT2D eigenvalue weighted by molar-refractivity contribution is 0.670. The lowest BCUT2D eigenvalue weighted by Crippen LogP contribution is -2.00. The lowest BCUT2D eigenvalue weighted by Gasteiger charge is -2.11. The van der Waals surface area contributed by atoms with Crippen molar-refractivity contribution in [2.75, 3.05) is 0 Å². The lowest BCUT2D eigenvalue weighted by atomic mass is 9.93. The van der Waals surface area contributed by atoms with E-state index in [-0.39, 0.29) is 0 Å². The molecule has 0 saturated heterocycles. The van der Waals surface area contributed by atoms with E-state index in [0.29, 0.717) is 17.5 Å². The predicted molar refractivity (Wildman–Crippen MR) is 250 cm³/mol. The normalized spacial score (nSPS) is 11.7. The molecule has 0 radical (unpaired) electrons. The Balaban J connectivity index is 1.04. The van der Waals surface area contributed by atoms with E-state index in [4.69, 9.17) is 19.4 Å². The highest BCUT2D eigenvalue weighted by atomic mass is 32.1. The molecule has 60 heavy (non-hydrogen) atoms. The standard InChI is InChI=1S/C55H33N3OS/c1-4-15-34(16-5-1)37-21-12-22-38(31-37)46-33-49-50(42-24-11-10-23-41(42)46)47-32-39(29-30-48(47)60-49)54-56-53(36-19-8-3-9-20-36)57-55(58-54)45-28-14-27-44-43-26-13-25-40(51(43)59-52(44)45)35-17-6-2-7-18-35/h1-33H. The number of furan rings is 1. The van der Waals surface area contributed by atoms with Crippen molar-refractivity contribution >= 4 is 64.2 Å². The quantitative estimate of drug-likeness (QED) is 0.169. The molecule has 12 aromatic rings. The minimum absolute atomic E-state index is 0.563. The molecule has 0 fully saturated rings. The summed E-state index contributed by atoms with van der Waals surface area (Å²) in [5, 5.41) is 6.96. The molecular weight excluding hydrogens is 751 g/mol. The maximum absolute atomic E-state index is 6.82. The topological polar surface area (TPSA) is 51.8 Å². The maximum atomic E-state index is 6.82. The minimum Gasteiger partial charge on any atom is -0.455 e. The Morgan fingerprint density at radius 2 is 0.850 bits per heavy atom. The van der Waals surface area contributed by atoms with Crippen LogP contribution in [-0.2, 0) is 0 Å². The Labute approximate surface area is 349 Å². The first-order valence-corrected chi connectivity index (χ1v) is 20.9. The first-order valence-electron chi connectivity index (χ1n) is 20.1. The number of aromatic nitrogens is 3. The van der Waals surface area contributed by atoms with Gasteiger partial charge in [0.1, 0.15) is 11.2 Å². The summed E-state index contributed by atoms with van der Waals surface area (Å²) in [4.78, 5) is 15.5. The number of nitrogens with zero attached hydrogens (tertiary/aromatic N) is 3. The van der Waals surface area contributed by atoms with Crippen molar-refractivity contribution in [3.05, 3.63) is 200 Å². The summed E-state index contributed by atoms with van der Waals surface area (Å²) in [5.41, 5.74) is 11.3. The zero-order valence-corrected chi connectivity index (χ0v) is 33.0. The number of para-hydroxylation sites is 2. The van der Waals surface area contributed by atoms with Gasteiger partial charge >= 0.3 is 0 Å². The summed E-state index contributed by atoms with van der Waals surface area (Å²) in [7, 11) is 0. The van der Waals surface area contributed by atoms with Gasteiger partial charge in [-0.3, -0.25) is 0 Å². The first-order chi connectivity index (χ1) is 29.7. The third-order valence-electron chi connectivity index (χ3n) is 11.5. The third-order valence-corrected chi connectivity index (χ3v) is 12.7. The number of benzene rings is 9. The zero-order valence-electron chi connectivity index (χ0n) is 32.2. The molecule has 5 heteroatoms. The van der Waals surface area contributed by atoms with Crippen molar-refractivity contribution < 1.29 is 4.42 Å². The van der Waals surface area contributed by atoms with Crippen LogP contribution in [0.3, 0.4) is 0 Å². The molecule has 0 N–H and O–H groups in total. The monoisotopic (exact) mass is 783 g/mol. The van der Waals surface area contributed by atoms with Gasteiger partial charge in [0.05, 0.1) is 5.56 Å². The number of fused-ring (bicyclic) bond motifs is 8. The molecule has 3 heterocycles. The van der Waals surface area contributed by atoms with Crippen molar-refractivity contribution in [1.82, 2.24) is 15.0 Å². The van der Waals surface area contributed by atoms with E-state index in [1.807, 2.05) is 47.7 Å². The van der Waals surface area contributed by atoms with E-state index in [1.165, 1.54) is 53.2 Å². The second-order valence-corrected chi connectivity index (χ2v) is 16.2. The predicted octanol–water partition coefficient (Wildman–Crippen LogP) is 15.3. The first kappa shape index (κ1) is 34.3. The van der Waals surface area contributed by atoms with E-state index in [9.17, 15) is 0 Å². The molecular formula is C55H33N3OS. The number of rotatable bonds is 6. The van der Waals surface area contributed by atoms with Crippen molar-refractivity contribution in [1.29, 1.82) is 0 Å². The average molecular weight is 784 g/mol. The summed E-state index contributed by atoms with van der Waals surface area (Å²) in [6.07, 6.45) is 0. The molecule has 3 aromatic heterocycles. The van der Waals surface area contributed by atoms with Crippen LogP contribution in [0.4, 0.5) is 0 Å². The molecule has 0 unspecified atom stereocenters. The molecule has 12 rings (SSSR count). The summed E-state index contributed by atoms with van der Waals surface area (Å²) in [6.45, 7) is 0. The summed E-state index contributed by atoms with van der Waals surface area (Å²) in [6, 6.07) is 70.4. The van der Waals surface area contributed by atoms with Crippen LogP contribution in [0.25, 0.3) is 120 Å². The van der Waals surface area contributed by atoms with Gasteiger partial charge in [0, 0.05) is 47.6 Å². The highest BCUT2D eigenvalue weighted by Crippen LogP contribution is 2.45. The van der Waals surface area contributed by atoms with Crippen molar-refractivity contribution in [2.24, 2.45) is 0 Å². The molecule has 0 amide bonds. The van der Waals surface area contributed by atoms with Crippen LogP contribution in [0.2, 0.25) is 0 Å². The van der Waals surface area contributed by atoms with E-state index in [0.717, 1.165) is 49.8 Å². The van der Waals surface area contributed by atoms with Crippen molar-refractivity contribution in [3.8, 4) is 67.5 Å².